The maximum absolute atomic E-state index is 14.3. The molecule has 2 fully saturated rings. The minimum absolute atomic E-state index is 0.00522. The summed E-state index contributed by atoms with van der Waals surface area (Å²) in [5.41, 5.74) is 0.255. The van der Waals surface area contributed by atoms with Crippen LogP contribution in [0.25, 0.3) is 11.3 Å². The molecule has 1 saturated heterocycles. The van der Waals surface area contributed by atoms with Crippen LogP contribution in [0, 0.1) is 17.7 Å². The second-order valence-corrected chi connectivity index (χ2v) is 9.19. The number of fused-ring (bicyclic) bond motifs is 1. The number of carbonyl (C=O) groups excluding carboxylic acids is 1. The number of likely N-dealkylation sites (tertiary alicyclic amines) is 1. The summed E-state index contributed by atoms with van der Waals surface area (Å²) in [5.74, 6) is 1.22. The van der Waals surface area contributed by atoms with Crippen LogP contribution in [0.15, 0.2) is 59.7 Å². The first kappa shape index (κ1) is 23.0. The van der Waals surface area contributed by atoms with Gasteiger partial charge in [0.05, 0.1) is 11.9 Å². The number of benzene rings is 1. The fourth-order valence-corrected chi connectivity index (χ4v) is 5.12. The van der Waals surface area contributed by atoms with Crippen LogP contribution in [0.5, 0.6) is 5.75 Å². The number of amides is 1. The van der Waals surface area contributed by atoms with Crippen molar-refractivity contribution >= 4 is 11.9 Å². The third-order valence-corrected chi connectivity index (χ3v) is 7.05. The molecule has 1 saturated carbocycles. The molecule has 1 aliphatic carbocycles. The number of nitrogens with zero attached hydrogens (tertiary/aromatic N) is 5. The van der Waals surface area contributed by atoms with E-state index in [0.717, 1.165) is 6.20 Å². The topological polar surface area (TPSA) is 80.6 Å². The first-order chi connectivity index (χ1) is 16.9. The molecule has 1 amide bonds. The Morgan fingerprint density at radius 3 is 2.60 bits per heavy atom. The van der Waals surface area contributed by atoms with Crippen molar-refractivity contribution in [1.29, 1.82) is 0 Å². The van der Waals surface area contributed by atoms with Gasteiger partial charge in [-0.05, 0) is 24.6 Å². The maximum Gasteiger partial charge on any atom is 0.263 e. The van der Waals surface area contributed by atoms with Gasteiger partial charge in [0.1, 0.15) is 5.75 Å². The van der Waals surface area contributed by atoms with E-state index < -0.39 is 11.9 Å². The Labute approximate surface area is 203 Å². The zero-order valence-electron chi connectivity index (χ0n) is 20.0. The molecule has 5 rings (SSSR count). The van der Waals surface area contributed by atoms with Crippen LogP contribution in [-0.2, 0) is 11.8 Å². The number of hydrogen-bond donors (Lipinski definition) is 0. The molecular weight excluding hydrogens is 449 g/mol. The van der Waals surface area contributed by atoms with Gasteiger partial charge in [0.15, 0.2) is 11.9 Å². The van der Waals surface area contributed by atoms with Crippen molar-refractivity contribution in [2.45, 2.75) is 25.5 Å². The summed E-state index contributed by atoms with van der Waals surface area (Å²) in [7, 11) is 3.56. The summed E-state index contributed by atoms with van der Waals surface area (Å²) in [5, 5.41) is 0. The van der Waals surface area contributed by atoms with Gasteiger partial charge in [0.2, 0.25) is 5.95 Å². The number of aromatic nitrogens is 3. The van der Waals surface area contributed by atoms with Crippen molar-refractivity contribution < 1.29 is 13.9 Å². The minimum atomic E-state index is -0.525. The molecule has 1 aliphatic heterocycles. The van der Waals surface area contributed by atoms with Crippen molar-refractivity contribution in [2.24, 2.45) is 18.9 Å². The zero-order chi connectivity index (χ0) is 24.7. The highest BCUT2D eigenvalue weighted by Crippen LogP contribution is 2.49. The van der Waals surface area contributed by atoms with Gasteiger partial charge in [-0.2, -0.15) is 0 Å². The molecule has 9 heteroatoms. The number of rotatable bonds is 7. The van der Waals surface area contributed by atoms with E-state index in [1.165, 1.54) is 22.9 Å². The molecule has 2 aromatic heterocycles. The van der Waals surface area contributed by atoms with Gasteiger partial charge in [-0.1, -0.05) is 25.1 Å². The second-order valence-electron chi connectivity index (χ2n) is 9.19. The highest BCUT2D eigenvalue weighted by molar-refractivity contribution is 5.82. The van der Waals surface area contributed by atoms with Crippen molar-refractivity contribution in [2.75, 3.05) is 25.0 Å². The van der Waals surface area contributed by atoms with Gasteiger partial charge in [0, 0.05) is 62.9 Å². The van der Waals surface area contributed by atoms with Crippen LogP contribution in [-0.4, -0.2) is 57.6 Å². The molecule has 8 nitrogen and oxygen atoms in total. The van der Waals surface area contributed by atoms with E-state index in [9.17, 15) is 14.0 Å². The molecular formula is C26H28FN5O3. The monoisotopic (exact) mass is 477 g/mol. The summed E-state index contributed by atoms with van der Waals surface area (Å²) in [6, 6.07) is 12.4. The molecule has 2 aliphatic rings. The Bertz CT molecular complexity index is 1290. The third-order valence-electron chi connectivity index (χ3n) is 7.05. The van der Waals surface area contributed by atoms with E-state index in [0.29, 0.717) is 31.2 Å². The number of anilines is 1. The van der Waals surface area contributed by atoms with E-state index in [1.54, 1.807) is 7.05 Å². The van der Waals surface area contributed by atoms with Crippen LogP contribution in [0.3, 0.4) is 0 Å². The van der Waals surface area contributed by atoms with Crippen LogP contribution in [0.4, 0.5) is 10.3 Å². The number of halogens is 1. The molecule has 182 valence electrons. The lowest BCUT2D eigenvalue weighted by molar-refractivity contribution is -0.138. The summed E-state index contributed by atoms with van der Waals surface area (Å²) in [6.45, 7) is 3.23. The number of pyridine rings is 1. The summed E-state index contributed by atoms with van der Waals surface area (Å²) >= 11 is 0. The summed E-state index contributed by atoms with van der Waals surface area (Å²) in [4.78, 5) is 38.0. The average molecular weight is 478 g/mol. The highest BCUT2D eigenvalue weighted by atomic mass is 19.1. The van der Waals surface area contributed by atoms with E-state index in [4.69, 9.17) is 4.74 Å². The molecule has 0 radical (unpaired) electrons. The predicted molar refractivity (Wildman–Crippen MR) is 130 cm³/mol. The van der Waals surface area contributed by atoms with Gasteiger partial charge >= 0.3 is 0 Å². The fourth-order valence-electron chi connectivity index (χ4n) is 5.12. The largest absolute Gasteiger partial charge is 0.481 e. The number of hydrogen-bond acceptors (Lipinski definition) is 6. The quantitative estimate of drug-likeness (QED) is 0.521. The smallest absolute Gasteiger partial charge is 0.263 e. The minimum Gasteiger partial charge on any atom is -0.481 e. The lowest BCUT2D eigenvalue weighted by Gasteiger charge is -2.28. The molecule has 1 aromatic carbocycles. The predicted octanol–water partition coefficient (Wildman–Crippen LogP) is 2.73. The lowest BCUT2D eigenvalue weighted by atomic mass is 10.2. The molecule has 4 atom stereocenters. The lowest BCUT2D eigenvalue weighted by Crippen LogP contribution is -2.44. The Kier molecular flexibility index (Phi) is 6.00. The van der Waals surface area contributed by atoms with Crippen molar-refractivity contribution in [3.05, 3.63) is 71.0 Å². The van der Waals surface area contributed by atoms with Crippen molar-refractivity contribution in [1.82, 2.24) is 19.4 Å². The van der Waals surface area contributed by atoms with Crippen molar-refractivity contribution in [3.8, 4) is 17.0 Å². The standard InChI is InChI=1S/C26H28FN5O3/c1-4-22(35-16-8-6-5-7-9-16)25(34)32-14-18-19(15-32)24(18)31(3)26-29-21(12-23(33)30(26)2)17-10-11-28-13-20(17)27/h5-13,18-19,22,24H,4,14-15H2,1-3H3/t18-,19+,22-,24?/m1/s1. The fraction of sp³-hybridized carbons (Fsp3) is 0.385. The second kappa shape index (κ2) is 9.13. The van der Waals surface area contributed by atoms with Crippen LogP contribution in [0.1, 0.15) is 13.3 Å². The van der Waals surface area contributed by atoms with Gasteiger partial charge in [-0.15, -0.1) is 0 Å². The van der Waals surface area contributed by atoms with Gasteiger partial charge in [0.25, 0.3) is 11.5 Å². The molecule has 3 heterocycles. The van der Waals surface area contributed by atoms with Gasteiger partial charge < -0.3 is 14.5 Å². The van der Waals surface area contributed by atoms with Gasteiger partial charge in [-0.25, -0.2) is 9.37 Å². The van der Waals surface area contributed by atoms with E-state index in [-0.39, 0.29) is 40.6 Å². The van der Waals surface area contributed by atoms with E-state index in [2.05, 4.69) is 9.97 Å². The number of ether oxygens (including phenoxy) is 1. The Hall–Kier alpha value is -3.75. The average Bonchev–Trinajstić information content (AvgIpc) is 3.36. The molecule has 35 heavy (non-hydrogen) atoms. The number of piperidine rings is 1. The first-order valence-corrected chi connectivity index (χ1v) is 11.8. The zero-order valence-corrected chi connectivity index (χ0v) is 20.0. The summed E-state index contributed by atoms with van der Waals surface area (Å²) in [6.07, 6.45) is 2.66. The molecule has 0 bridgehead atoms. The molecule has 3 aromatic rings. The first-order valence-electron chi connectivity index (χ1n) is 11.8. The van der Waals surface area contributed by atoms with E-state index in [1.807, 2.05) is 54.1 Å². The highest BCUT2D eigenvalue weighted by Gasteiger charge is 2.59. The van der Waals surface area contributed by atoms with Crippen molar-refractivity contribution in [3.63, 3.8) is 0 Å². The number of para-hydroxylation sites is 1. The normalized spacial score (nSPS) is 21.4. The molecule has 0 N–H and O–H groups in total. The third kappa shape index (κ3) is 4.26. The van der Waals surface area contributed by atoms with Crippen LogP contribution in [0.2, 0.25) is 0 Å². The SMILES string of the molecule is CC[C@@H](Oc1ccccc1)C(=O)N1C[C@@H]2C(N(C)c3nc(-c4ccncc4F)cc(=O)n3C)[C@@H]2C1. The number of carbonyl (C=O) groups is 1. The Morgan fingerprint density at radius 2 is 1.94 bits per heavy atom. The molecule has 0 spiro atoms. The van der Waals surface area contributed by atoms with Crippen LogP contribution >= 0.6 is 0 Å². The van der Waals surface area contributed by atoms with Crippen LogP contribution < -0.4 is 15.2 Å². The maximum atomic E-state index is 14.3. The summed E-state index contributed by atoms with van der Waals surface area (Å²) < 4.78 is 21.7. The van der Waals surface area contributed by atoms with Gasteiger partial charge in [-0.3, -0.25) is 19.1 Å². The Balaban J connectivity index is 1.29. The molecule has 1 unspecified atom stereocenters. The van der Waals surface area contributed by atoms with E-state index >= 15 is 0 Å². The Morgan fingerprint density at radius 1 is 1.23 bits per heavy atom.